The summed E-state index contributed by atoms with van der Waals surface area (Å²) >= 11 is 6.26. The Labute approximate surface area is 187 Å². The van der Waals surface area contributed by atoms with Crippen molar-refractivity contribution in [3.05, 3.63) is 64.7 Å². The number of aliphatic carboxylic acids is 1. The van der Waals surface area contributed by atoms with Crippen LogP contribution in [0.4, 0.5) is 0 Å². The second kappa shape index (κ2) is 12.5. The van der Waals surface area contributed by atoms with Crippen LogP contribution < -0.4 is 14.2 Å². The Morgan fingerprint density at radius 1 is 1.16 bits per heavy atom. The third kappa shape index (κ3) is 7.89. The molecule has 31 heavy (non-hydrogen) atoms. The quantitative estimate of drug-likeness (QED) is 0.548. The molecule has 0 bridgehead atoms. The van der Waals surface area contributed by atoms with Crippen LogP contribution in [-0.2, 0) is 16.0 Å². The number of carboxylic acid groups (broad SMARTS) is 1. The molecule has 0 amide bonds. The third-order valence-electron chi connectivity index (χ3n) is 4.16. The van der Waals surface area contributed by atoms with Crippen LogP contribution in [0.5, 0.6) is 17.2 Å². The first kappa shape index (κ1) is 24.1. The van der Waals surface area contributed by atoms with Crippen LogP contribution in [0.15, 0.2) is 48.6 Å². The lowest BCUT2D eigenvalue weighted by atomic mass is 10.1. The maximum atomic E-state index is 11.2. The van der Waals surface area contributed by atoms with Gasteiger partial charge in [-0.25, -0.2) is 4.79 Å². The highest BCUT2D eigenvalue weighted by Gasteiger charge is 2.18. The van der Waals surface area contributed by atoms with Crippen molar-refractivity contribution in [2.24, 2.45) is 0 Å². The van der Waals surface area contributed by atoms with E-state index in [0.29, 0.717) is 28.9 Å². The van der Waals surface area contributed by atoms with E-state index in [2.05, 4.69) is 11.8 Å². The molecule has 7 heteroatoms. The van der Waals surface area contributed by atoms with Gasteiger partial charge in [-0.05, 0) is 48.9 Å². The van der Waals surface area contributed by atoms with Crippen LogP contribution in [-0.4, -0.2) is 44.6 Å². The Hall–Kier alpha value is -3.14. The molecule has 164 valence electrons. The predicted molar refractivity (Wildman–Crippen MR) is 119 cm³/mol. The van der Waals surface area contributed by atoms with E-state index >= 15 is 0 Å². The Balaban J connectivity index is 1.92. The Bertz CT molecular complexity index is 952. The molecule has 2 aromatic carbocycles. The monoisotopic (exact) mass is 444 g/mol. The number of carboxylic acids is 1. The number of rotatable bonds is 10. The molecule has 2 rings (SSSR count). The van der Waals surface area contributed by atoms with Gasteiger partial charge in [-0.1, -0.05) is 29.5 Å². The normalized spacial score (nSPS) is 11.5. The van der Waals surface area contributed by atoms with Crippen LogP contribution in [0, 0.1) is 11.8 Å². The number of benzene rings is 2. The van der Waals surface area contributed by atoms with Crippen molar-refractivity contribution in [2.45, 2.75) is 19.4 Å². The summed E-state index contributed by atoms with van der Waals surface area (Å²) in [5.74, 6) is 6.79. The minimum atomic E-state index is -1.00. The lowest BCUT2D eigenvalue weighted by molar-refractivity contribution is -0.149. The second-order valence-electron chi connectivity index (χ2n) is 6.34. The molecule has 0 aliphatic heterocycles. The van der Waals surface area contributed by atoms with Crippen molar-refractivity contribution in [3.63, 3.8) is 0 Å². The summed E-state index contributed by atoms with van der Waals surface area (Å²) in [5, 5.41) is 9.59. The summed E-state index contributed by atoms with van der Waals surface area (Å²) in [6, 6.07) is 10.6. The number of allylic oxidation sites excluding steroid dienone is 1. The van der Waals surface area contributed by atoms with E-state index < -0.39 is 12.1 Å². The summed E-state index contributed by atoms with van der Waals surface area (Å²) in [7, 11) is 3.18. The summed E-state index contributed by atoms with van der Waals surface area (Å²) in [5.41, 5.74) is 1.53. The molecule has 1 N–H and O–H groups in total. The SMILES string of the molecule is CCO[C@@H](Cc1ccc(OC/C=C/C#Cc2cc(OC)cc(OC)c2)c(Cl)c1)C(=O)O. The maximum absolute atomic E-state index is 11.2. The standard InChI is InChI=1S/C24H25ClO6/c1-4-30-23(24(26)27)15-18-9-10-22(21(25)14-18)31-11-7-5-6-8-17-12-19(28-2)16-20(13-17)29-3/h5,7,9-10,12-14,16,23H,4,11,15H2,1-3H3,(H,26,27)/b7-5+/t23-/m0/s1. The van der Waals surface area contributed by atoms with Gasteiger partial charge in [0.05, 0.1) is 19.2 Å². The minimum absolute atomic E-state index is 0.230. The lowest BCUT2D eigenvalue weighted by Gasteiger charge is -2.13. The molecule has 0 spiro atoms. The molecule has 6 nitrogen and oxygen atoms in total. The highest BCUT2D eigenvalue weighted by Crippen LogP contribution is 2.26. The van der Waals surface area contributed by atoms with Gasteiger partial charge in [-0.3, -0.25) is 0 Å². The average Bonchev–Trinajstić information content (AvgIpc) is 2.76. The molecule has 1 atom stereocenters. The highest BCUT2D eigenvalue weighted by molar-refractivity contribution is 6.32. The number of hydrogen-bond donors (Lipinski definition) is 1. The van der Waals surface area contributed by atoms with Gasteiger partial charge in [-0.2, -0.15) is 0 Å². The van der Waals surface area contributed by atoms with E-state index in [9.17, 15) is 9.90 Å². The lowest BCUT2D eigenvalue weighted by Crippen LogP contribution is -2.26. The van der Waals surface area contributed by atoms with Gasteiger partial charge in [0.1, 0.15) is 23.9 Å². The Morgan fingerprint density at radius 3 is 2.45 bits per heavy atom. The first-order valence-corrected chi connectivity index (χ1v) is 9.99. The van der Waals surface area contributed by atoms with Crippen molar-refractivity contribution in [1.82, 2.24) is 0 Å². The fraction of sp³-hybridized carbons (Fsp3) is 0.292. The Kier molecular flexibility index (Phi) is 9.76. The number of carbonyl (C=O) groups is 1. The second-order valence-corrected chi connectivity index (χ2v) is 6.74. The minimum Gasteiger partial charge on any atom is -0.497 e. The molecular weight excluding hydrogens is 420 g/mol. The zero-order valence-corrected chi connectivity index (χ0v) is 18.4. The van der Waals surface area contributed by atoms with Gasteiger partial charge in [0.25, 0.3) is 0 Å². The smallest absolute Gasteiger partial charge is 0.333 e. The van der Waals surface area contributed by atoms with E-state index in [4.69, 9.17) is 30.5 Å². The number of hydrogen-bond acceptors (Lipinski definition) is 5. The third-order valence-corrected chi connectivity index (χ3v) is 4.46. The first-order chi connectivity index (χ1) is 15.0. The number of halogens is 1. The molecule has 2 aromatic rings. The van der Waals surface area contributed by atoms with Crippen molar-refractivity contribution < 1.29 is 28.8 Å². The van der Waals surface area contributed by atoms with Crippen molar-refractivity contribution >= 4 is 17.6 Å². The Morgan fingerprint density at radius 2 is 1.87 bits per heavy atom. The van der Waals surface area contributed by atoms with Gasteiger partial charge < -0.3 is 24.1 Å². The summed E-state index contributed by atoms with van der Waals surface area (Å²) in [6.07, 6.45) is 2.78. The molecule has 0 unspecified atom stereocenters. The molecule has 0 saturated heterocycles. The first-order valence-electron chi connectivity index (χ1n) is 9.62. The van der Waals surface area contributed by atoms with Crippen LogP contribution in [0.3, 0.4) is 0 Å². The van der Waals surface area contributed by atoms with Crippen LogP contribution in [0.25, 0.3) is 0 Å². The molecule has 0 saturated carbocycles. The van der Waals surface area contributed by atoms with E-state index in [1.165, 1.54) is 0 Å². The van der Waals surface area contributed by atoms with Crippen molar-refractivity contribution in [3.8, 4) is 29.1 Å². The largest absolute Gasteiger partial charge is 0.497 e. The van der Waals surface area contributed by atoms with Crippen LogP contribution >= 0.6 is 11.6 Å². The van der Waals surface area contributed by atoms with E-state index in [0.717, 1.165) is 11.1 Å². The number of ether oxygens (including phenoxy) is 4. The molecule has 0 fully saturated rings. The zero-order valence-electron chi connectivity index (χ0n) is 17.7. The number of methoxy groups -OCH3 is 2. The molecule has 0 aliphatic carbocycles. The molecule has 0 radical (unpaired) electrons. The zero-order chi connectivity index (χ0) is 22.6. The predicted octanol–water partition coefficient (Wildman–Crippen LogP) is 4.38. The molecule has 0 heterocycles. The van der Waals surface area contributed by atoms with Crippen LogP contribution in [0.1, 0.15) is 18.1 Å². The van der Waals surface area contributed by atoms with Gasteiger partial charge >= 0.3 is 5.97 Å². The van der Waals surface area contributed by atoms with Gasteiger partial charge in [-0.15, -0.1) is 0 Å². The summed E-state index contributed by atoms with van der Waals surface area (Å²) in [6.45, 7) is 2.36. The van der Waals surface area contributed by atoms with Crippen molar-refractivity contribution in [2.75, 3.05) is 27.4 Å². The summed E-state index contributed by atoms with van der Waals surface area (Å²) in [4.78, 5) is 11.2. The van der Waals surface area contributed by atoms with E-state index in [1.54, 1.807) is 57.6 Å². The van der Waals surface area contributed by atoms with E-state index in [-0.39, 0.29) is 13.0 Å². The molecular formula is C24H25ClO6. The maximum Gasteiger partial charge on any atom is 0.333 e. The van der Waals surface area contributed by atoms with E-state index in [1.807, 2.05) is 12.1 Å². The van der Waals surface area contributed by atoms with Crippen molar-refractivity contribution in [1.29, 1.82) is 0 Å². The summed E-state index contributed by atoms with van der Waals surface area (Å²) < 4.78 is 21.3. The fourth-order valence-electron chi connectivity index (χ4n) is 2.67. The highest BCUT2D eigenvalue weighted by atomic mass is 35.5. The molecule has 0 aromatic heterocycles. The fourth-order valence-corrected chi connectivity index (χ4v) is 2.93. The average molecular weight is 445 g/mol. The van der Waals surface area contributed by atoms with Gasteiger partial charge in [0, 0.05) is 24.7 Å². The van der Waals surface area contributed by atoms with Gasteiger partial charge in [0.15, 0.2) is 6.10 Å². The molecule has 0 aliphatic rings. The topological polar surface area (TPSA) is 74.2 Å². The van der Waals surface area contributed by atoms with Gasteiger partial charge in [0.2, 0.25) is 0 Å². The van der Waals surface area contributed by atoms with Crippen LogP contribution in [0.2, 0.25) is 5.02 Å².